The number of ether oxygens (including phenoxy) is 2. The Kier molecular flexibility index (Phi) is 5.58. The minimum Gasteiger partial charge on any atom is -0.454 e. The summed E-state index contributed by atoms with van der Waals surface area (Å²) in [7, 11) is 0. The lowest BCUT2D eigenvalue weighted by Gasteiger charge is -2.02. The van der Waals surface area contributed by atoms with E-state index in [1.807, 2.05) is 6.07 Å². The molecule has 0 saturated heterocycles. The number of rotatable bonds is 8. The van der Waals surface area contributed by atoms with Gasteiger partial charge >= 0.3 is 0 Å². The average molecular weight is 349 g/mol. The summed E-state index contributed by atoms with van der Waals surface area (Å²) >= 11 is 1.23. The molecule has 8 heteroatoms. The molecule has 1 aromatic heterocycles. The lowest BCUT2D eigenvalue weighted by atomic mass is 10.2. The van der Waals surface area contributed by atoms with Crippen molar-refractivity contribution in [1.82, 2.24) is 15.5 Å². The van der Waals surface area contributed by atoms with Gasteiger partial charge in [0, 0.05) is 12.1 Å². The molecule has 0 radical (unpaired) electrons. The van der Waals surface area contributed by atoms with Gasteiger partial charge in [0.1, 0.15) is 0 Å². The maximum absolute atomic E-state index is 11.7. The molecule has 3 rings (SSSR count). The molecular formula is C16H19N3O4S. The van der Waals surface area contributed by atoms with Crippen LogP contribution in [0.4, 0.5) is 0 Å². The summed E-state index contributed by atoms with van der Waals surface area (Å²) in [6.07, 6.45) is 3.26. The molecule has 0 fully saturated rings. The first-order valence-electron chi connectivity index (χ1n) is 7.89. The van der Waals surface area contributed by atoms with Crippen molar-refractivity contribution in [2.24, 2.45) is 0 Å². The summed E-state index contributed by atoms with van der Waals surface area (Å²) in [6, 6.07) is 5.43. The Hall–Kier alpha value is -2.22. The van der Waals surface area contributed by atoms with Crippen LogP contribution in [-0.4, -0.2) is 35.2 Å². The van der Waals surface area contributed by atoms with E-state index in [1.54, 1.807) is 12.1 Å². The fraction of sp³-hybridized carbons (Fsp3) is 0.438. The number of thioether (sulfide) groups is 1. The van der Waals surface area contributed by atoms with Gasteiger partial charge in [-0.1, -0.05) is 31.5 Å². The zero-order valence-electron chi connectivity index (χ0n) is 13.4. The summed E-state index contributed by atoms with van der Waals surface area (Å²) in [4.78, 5) is 11.7. The minimum absolute atomic E-state index is 0.0288. The second-order valence-corrected chi connectivity index (χ2v) is 6.21. The van der Waals surface area contributed by atoms with Crippen molar-refractivity contribution in [1.29, 1.82) is 0 Å². The summed E-state index contributed by atoms with van der Waals surface area (Å²) in [5.41, 5.74) is 0.752. The number of amides is 1. The normalized spacial score (nSPS) is 12.4. The molecule has 128 valence electrons. The number of fused-ring (bicyclic) bond motifs is 1. The van der Waals surface area contributed by atoms with E-state index < -0.39 is 0 Å². The van der Waals surface area contributed by atoms with Crippen LogP contribution in [-0.2, 0) is 4.79 Å². The predicted molar refractivity (Wildman–Crippen MR) is 89.1 cm³/mol. The van der Waals surface area contributed by atoms with E-state index in [9.17, 15) is 4.79 Å². The number of hydrogen-bond acceptors (Lipinski definition) is 7. The Morgan fingerprint density at radius 3 is 3.00 bits per heavy atom. The van der Waals surface area contributed by atoms with Crippen LogP contribution >= 0.6 is 11.8 Å². The number of carbonyl (C=O) groups is 1. The van der Waals surface area contributed by atoms with Gasteiger partial charge in [0.25, 0.3) is 5.22 Å². The molecule has 1 aliphatic heterocycles. The van der Waals surface area contributed by atoms with E-state index in [0.29, 0.717) is 29.2 Å². The molecule has 0 bridgehead atoms. The highest BCUT2D eigenvalue weighted by atomic mass is 32.2. The van der Waals surface area contributed by atoms with Crippen LogP contribution in [0.25, 0.3) is 11.5 Å². The third-order valence-corrected chi connectivity index (χ3v) is 4.27. The molecule has 1 amide bonds. The Bertz CT molecular complexity index is 704. The summed E-state index contributed by atoms with van der Waals surface area (Å²) in [5.74, 6) is 1.98. The summed E-state index contributed by atoms with van der Waals surface area (Å²) in [5, 5.41) is 11.2. The molecule has 1 aromatic carbocycles. The molecule has 2 aromatic rings. The van der Waals surface area contributed by atoms with Gasteiger partial charge in [-0.3, -0.25) is 4.79 Å². The molecule has 0 saturated carbocycles. The fourth-order valence-electron chi connectivity index (χ4n) is 2.20. The van der Waals surface area contributed by atoms with Crippen molar-refractivity contribution in [3.8, 4) is 23.0 Å². The number of carbonyl (C=O) groups excluding carboxylic acids is 1. The highest BCUT2D eigenvalue weighted by molar-refractivity contribution is 7.99. The number of unbranched alkanes of at least 4 members (excludes halogenated alkanes) is 2. The first-order chi connectivity index (χ1) is 11.8. The SMILES string of the molecule is CCCCCNC(=O)CSc1nnc(-c2ccc3c(c2)OCO3)o1. The predicted octanol–water partition coefficient (Wildman–Crippen LogP) is 2.86. The molecule has 0 atom stereocenters. The van der Waals surface area contributed by atoms with Crippen LogP contribution in [0.15, 0.2) is 27.8 Å². The van der Waals surface area contributed by atoms with Crippen molar-refractivity contribution in [2.75, 3.05) is 19.1 Å². The Balaban J connectivity index is 1.51. The molecule has 0 spiro atoms. The largest absolute Gasteiger partial charge is 0.454 e. The first kappa shape index (κ1) is 16.6. The third-order valence-electron chi connectivity index (χ3n) is 3.46. The number of hydrogen-bond donors (Lipinski definition) is 1. The molecule has 0 unspecified atom stereocenters. The van der Waals surface area contributed by atoms with E-state index in [0.717, 1.165) is 24.8 Å². The van der Waals surface area contributed by atoms with Crippen molar-refractivity contribution in [3.63, 3.8) is 0 Å². The smallest absolute Gasteiger partial charge is 0.277 e. The highest BCUT2D eigenvalue weighted by Crippen LogP contribution is 2.35. The van der Waals surface area contributed by atoms with Gasteiger partial charge in [-0.25, -0.2) is 0 Å². The van der Waals surface area contributed by atoms with E-state index in [2.05, 4.69) is 22.4 Å². The van der Waals surface area contributed by atoms with Crippen LogP contribution in [0, 0.1) is 0 Å². The van der Waals surface area contributed by atoms with Gasteiger partial charge in [-0.2, -0.15) is 0 Å². The van der Waals surface area contributed by atoms with Crippen LogP contribution in [0.1, 0.15) is 26.2 Å². The van der Waals surface area contributed by atoms with E-state index in [-0.39, 0.29) is 18.5 Å². The van der Waals surface area contributed by atoms with Crippen molar-refractivity contribution in [3.05, 3.63) is 18.2 Å². The average Bonchev–Trinajstić information content (AvgIpc) is 3.25. The van der Waals surface area contributed by atoms with Crippen LogP contribution in [0.5, 0.6) is 11.5 Å². The standard InChI is InChI=1S/C16H19N3O4S/c1-2-3-4-7-17-14(20)9-24-16-19-18-15(23-16)11-5-6-12-13(8-11)22-10-21-12/h5-6,8H,2-4,7,9-10H2,1H3,(H,17,20). The Morgan fingerprint density at radius 1 is 1.25 bits per heavy atom. The number of nitrogens with one attached hydrogen (secondary N) is 1. The Labute approximate surface area is 144 Å². The topological polar surface area (TPSA) is 86.5 Å². The van der Waals surface area contributed by atoms with Crippen LogP contribution in [0.2, 0.25) is 0 Å². The van der Waals surface area contributed by atoms with E-state index in [1.165, 1.54) is 11.8 Å². The first-order valence-corrected chi connectivity index (χ1v) is 8.88. The zero-order valence-corrected chi connectivity index (χ0v) is 14.2. The number of aromatic nitrogens is 2. The molecule has 1 N–H and O–H groups in total. The summed E-state index contributed by atoms with van der Waals surface area (Å²) in [6.45, 7) is 3.06. The van der Waals surface area contributed by atoms with E-state index >= 15 is 0 Å². The highest BCUT2D eigenvalue weighted by Gasteiger charge is 2.17. The molecule has 1 aliphatic rings. The lowest BCUT2D eigenvalue weighted by molar-refractivity contribution is -0.118. The zero-order chi connectivity index (χ0) is 16.8. The Morgan fingerprint density at radius 2 is 2.12 bits per heavy atom. The van der Waals surface area contributed by atoms with Crippen LogP contribution < -0.4 is 14.8 Å². The van der Waals surface area contributed by atoms with Gasteiger partial charge in [0.2, 0.25) is 18.6 Å². The van der Waals surface area contributed by atoms with E-state index in [4.69, 9.17) is 13.9 Å². The quantitative estimate of drug-likeness (QED) is 0.579. The molecular weight excluding hydrogens is 330 g/mol. The van der Waals surface area contributed by atoms with Crippen molar-refractivity contribution in [2.45, 2.75) is 31.4 Å². The van der Waals surface area contributed by atoms with Gasteiger partial charge < -0.3 is 19.2 Å². The van der Waals surface area contributed by atoms with Gasteiger partial charge in [-0.05, 0) is 24.6 Å². The van der Waals surface area contributed by atoms with Gasteiger partial charge in [0.05, 0.1) is 5.75 Å². The van der Waals surface area contributed by atoms with Gasteiger partial charge in [0.15, 0.2) is 11.5 Å². The second-order valence-electron chi connectivity index (χ2n) is 5.29. The lowest BCUT2D eigenvalue weighted by Crippen LogP contribution is -2.26. The number of benzene rings is 1. The molecule has 7 nitrogen and oxygen atoms in total. The van der Waals surface area contributed by atoms with Crippen molar-refractivity contribution >= 4 is 17.7 Å². The number of nitrogens with zero attached hydrogens (tertiary/aromatic N) is 2. The van der Waals surface area contributed by atoms with Crippen LogP contribution in [0.3, 0.4) is 0 Å². The molecule has 2 heterocycles. The van der Waals surface area contributed by atoms with Crippen molar-refractivity contribution < 1.29 is 18.7 Å². The molecule has 0 aliphatic carbocycles. The monoisotopic (exact) mass is 349 g/mol. The molecule has 24 heavy (non-hydrogen) atoms. The third kappa shape index (κ3) is 4.19. The van der Waals surface area contributed by atoms with Gasteiger partial charge in [-0.15, -0.1) is 10.2 Å². The fourth-order valence-corrected chi connectivity index (χ4v) is 2.79. The second kappa shape index (κ2) is 8.05. The maximum atomic E-state index is 11.7. The minimum atomic E-state index is -0.0288. The maximum Gasteiger partial charge on any atom is 0.277 e. The summed E-state index contributed by atoms with van der Waals surface area (Å²) < 4.78 is 16.2.